The van der Waals surface area contributed by atoms with Crippen LogP contribution in [0.4, 0.5) is 8.78 Å². The second-order valence-electron chi connectivity index (χ2n) is 7.47. The molecule has 3 aromatic heterocycles. The number of ketones is 1. The van der Waals surface area contributed by atoms with E-state index in [1.807, 2.05) is 19.1 Å². The number of imidazole rings is 1. The zero-order valence-electron chi connectivity index (χ0n) is 16.5. The molecule has 0 saturated carbocycles. The molecule has 5 rings (SSSR count). The van der Waals surface area contributed by atoms with Gasteiger partial charge in [-0.3, -0.25) is 9.59 Å². The van der Waals surface area contributed by atoms with Gasteiger partial charge in [0.1, 0.15) is 17.3 Å². The van der Waals surface area contributed by atoms with E-state index >= 15 is 0 Å². The van der Waals surface area contributed by atoms with Crippen molar-refractivity contribution in [3.8, 4) is 0 Å². The molecule has 0 aliphatic carbocycles. The van der Waals surface area contributed by atoms with Gasteiger partial charge in [0, 0.05) is 18.3 Å². The molecule has 0 spiro atoms. The number of hydrogen-bond donors (Lipinski definition) is 1. The largest absolute Gasteiger partial charge is 0.356 e. The van der Waals surface area contributed by atoms with Crippen LogP contribution in [0.5, 0.6) is 0 Å². The lowest BCUT2D eigenvalue weighted by Gasteiger charge is -2.26. The third-order valence-electron chi connectivity index (χ3n) is 5.41. The third kappa shape index (κ3) is 3.18. The van der Waals surface area contributed by atoms with Crippen molar-refractivity contribution in [1.29, 1.82) is 0 Å². The second kappa shape index (κ2) is 7.12. The molecule has 1 N–H and O–H groups in total. The number of aryl methyl sites for hydroxylation is 1. The molecular weight excluding hydrogens is 404 g/mol. The number of carbonyl (C=O) groups is 2. The van der Waals surface area contributed by atoms with Crippen LogP contribution < -0.4 is 0 Å². The highest BCUT2D eigenvalue weighted by Crippen LogP contribution is 2.27. The third-order valence-corrected chi connectivity index (χ3v) is 5.41. The summed E-state index contributed by atoms with van der Waals surface area (Å²) in [6, 6.07) is 6.99. The minimum absolute atomic E-state index is 0.111. The highest BCUT2D eigenvalue weighted by atomic mass is 19.1. The van der Waals surface area contributed by atoms with Gasteiger partial charge in [-0.2, -0.15) is 5.10 Å². The van der Waals surface area contributed by atoms with Crippen molar-refractivity contribution in [2.75, 3.05) is 6.54 Å². The summed E-state index contributed by atoms with van der Waals surface area (Å²) in [5.41, 5.74) is 2.44. The number of H-pyrrole nitrogens is 1. The molecule has 9 heteroatoms. The Hall–Kier alpha value is -3.88. The number of hydrogen-bond acceptors (Lipinski definition) is 4. The highest BCUT2D eigenvalue weighted by Gasteiger charge is 2.32. The van der Waals surface area contributed by atoms with E-state index in [1.165, 1.54) is 12.3 Å². The van der Waals surface area contributed by atoms with Gasteiger partial charge in [-0.05, 0) is 43.2 Å². The molecule has 0 unspecified atom stereocenters. The molecule has 0 atom stereocenters. The van der Waals surface area contributed by atoms with E-state index < -0.39 is 23.0 Å². The summed E-state index contributed by atoms with van der Waals surface area (Å²) < 4.78 is 29.8. The van der Waals surface area contributed by atoms with Crippen molar-refractivity contribution in [2.24, 2.45) is 0 Å². The van der Waals surface area contributed by atoms with Crippen LogP contribution in [0.2, 0.25) is 0 Å². The molecular formula is C22H17F2N5O2. The number of benzene rings is 1. The van der Waals surface area contributed by atoms with Crippen molar-refractivity contribution in [2.45, 2.75) is 19.9 Å². The number of amides is 1. The maximum absolute atomic E-state index is 14.1. The fraction of sp³-hybridized carbons (Fsp3) is 0.182. The van der Waals surface area contributed by atoms with Crippen LogP contribution in [0.15, 0.2) is 42.7 Å². The van der Waals surface area contributed by atoms with Gasteiger partial charge >= 0.3 is 0 Å². The van der Waals surface area contributed by atoms with E-state index in [4.69, 9.17) is 0 Å². The molecule has 31 heavy (non-hydrogen) atoms. The Kier molecular flexibility index (Phi) is 4.39. The fourth-order valence-electron chi connectivity index (χ4n) is 3.91. The molecule has 0 radical (unpaired) electrons. The van der Waals surface area contributed by atoms with E-state index in [9.17, 15) is 18.4 Å². The van der Waals surface area contributed by atoms with E-state index in [1.54, 1.807) is 15.6 Å². The Balaban J connectivity index is 1.42. The summed E-state index contributed by atoms with van der Waals surface area (Å²) in [6.07, 6.45) is 3.50. The van der Waals surface area contributed by atoms with E-state index in [-0.39, 0.29) is 23.7 Å². The fourth-order valence-corrected chi connectivity index (χ4v) is 3.91. The van der Waals surface area contributed by atoms with Crippen molar-refractivity contribution in [3.63, 3.8) is 0 Å². The molecule has 4 aromatic rings. The zero-order chi connectivity index (χ0) is 21.7. The first-order valence-electron chi connectivity index (χ1n) is 9.72. The van der Waals surface area contributed by atoms with Crippen molar-refractivity contribution >= 4 is 17.3 Å². The number of rotatable bonds is 4. The maximum atomic E-state index is 14.1. The van der Waals surface area contributed by atoms with Gasteiger partial charge in [-0.25, -0.2) is 18.3 Å². The van der Waals surface area contributed by atoms with E-state index in [0.29, 0.717) is 29.9 Å². The minimum Gasteiger partial charge on any atom is -0.356 e. The topological polar surface area (TPSA) is 83.4 Å². The number of nitrogens with zero attached hydrogens (tertiary/aromatic N) is 4. The molecule has 1 aliphatic heterocycles. The first-order valence-corrected chi connectivity index (χ1v) is 9.72. The van der Waals surface area contributed by atoms with Gasteiger partial charge in [-0.15, -0.1) is 0 Å². The number of aromatic amines is 1. The van der Waals surface area contributed by atoms with Crippen LogP contribution in [0.25, 0.3) is 5.65 Å². The average Bonchev–Trinajstić information content (AvgIpc) is 3.33. The number of nitrogens with one attached hydrogen (secondary N) is 1. The Bertz CT molecular complexity index is 1340. The van der Waals surface area contributed by atoms with Crippen LogP contribution in [0, 0.1) is 18.6 Å². The van der Waals surface area contributed by atoms with Crippen LogP contribution in [-0.4, -0.2) is 42.7 Å². The Morgan fingerprint density at radius 3 is 2.74 bits per heavy atom. The normalized spacial score (nSPS) is 13.6. The highest BCUT2D eigenvalue weighted by molar-refractivity contribution is 6.12. The first-order chi connectivity index (χ1) is 14.9. The first kappa shape index (κ1) is 19.1. The van der Waals surface area contributed by atoms with Gasteiger partial charge in [0.25, 0.3) is 5.91 Å². The monoisotopic (exact) mass is 421 g/mol. The summed E-state index contributed by atoms with van der Waals surface area (Å²) in [6.45, 7) is 2.51. The van der Waals surface area contributed by atoms with Crippen molar-refractivity contribution in [3.05, 3.63) is 88.1 Å². The number of fused-ring (bicyclic) bond motifs is 2. The molecule has 1 amide bonds. The standard InChI is InChI=1S/C22H17F2N5O2/c1-12-5-6-18-26-13(11-29(18)27-12)10-28-8-7-14-15(9-25-20(14)22(28)31)21(30)19-16(23)3-2-4-17(19)24/h2-6,9,11,25H,7-8,10H2,1H3. The summed E-state index contributed by atoms with van der Waals surface area (Å²) in [5, 5.41) is 4.36. The number of aromatic nitrogens is 4. The van der Waals surface area contributed by atoms with Gasteiger partial charge < -0.3 is 9.88 Å². The summed E-state index contributed by atoms with van der Waals surface area (Å²) in [4.78, 5) is 34.7. The van der Waals surface area contributed by atoms with Gasteiger partial charge in [0.2, 0.25) is 5.78 Å². The summed E-state index contributed by atoms with van der Waals surface area (Å²) in [5.74, 6) is -2.94. The molecule has 0 fully saturated rings. The predicted octanol–water partition coefficient (Wildman–Crippen LogP) is 3.07. The molecule has 156 valence electrons. The Morgan fingerprint density at radius 1 is 1.19 bits per heavy atom. The second-order valence-corrected chi connectivity index (χ2v) is 7.47. The van der Waals surface area contributed by atoms with Crippen LogP contribution >= 0.6 is 0 Å². The minimum atomic E-state index is -0.931. The van der Waals surface area contributed by atoms with Crippen molar-refractivity contribution < 1.29 is 18.4 Å². The van der Waals surface area contributed by atoms with Gasteiger partial charge in [-0.1, -0.05) is 6.07 Å². The lowest BCUT2D eigenvalue weighted by molar-refractivity contribution is 0.0719. The number of halogens is 2. The smallest absolute Gasteiger partial charge is 0.270 e. The Labute approximate surface area is 175 Å². The lowest BCUT2D eigenvalue weighted by atomic mass is 9.96. The quantitative estimate of drug-likeness (QED) is 0.514. The molecule has 1 aliphatic rings. The zero-order valence-corrected chi connectivity index (χ0v) is 16.5. The predicted molar refractivity (Wildman–Crippen MR) is 107 cm³/mol. The SMILES string of the molecule is Cc1ccc2nc(CN3CCc4c(C(=O)c5c(F)cccc5F)c[nH]c4C3=O)cn2n1. The van der Waals surface area contributed by atoms with E-state index in [0.717, 1.165) is 17.8 Å². The molecule has 7 nitrogen and oxygen atoms in total. The molecule has 1 aromatic carbocycles. The summed E-state index contributed by atoms with van der Waals surface area (Å²) in [7, 11) is 0. The van der Waals surface area contributed by atoms with Crippen LogP contribution in [0.3, 0.4) is 0 Å². The molecule has 0 bridgehead atoms. The van der Waals surface area contributed by atoms with E-state index in [2.05, 4.69) is 15.1 Å². The van der Waals surface area contributed by atoms with Crippen LogP contribution in [-0.2, 0) is 13.0 Å². The molecule has 4 heterocycles. The maximum Gasteiger partial charge on any atom is 0.270 e. The van der Waals surface area contributed by atoms with Gasteiger partial charge in [0.15, 0.2) is 5.65 Å². The Morgan fingerprint density at radius 2 is 1.97 bits per heavy atom. The van der Waals surface area contributed by atoms with Crippen molar-refractivity contribution in [1.82, 2.24) is 24.5 Å². The lowest BCUT2D eigenvalue weighted by Crippen LogP contribution is -2.37. The average molecular weight is 421 g/mol. The summed E-state index contributed by atoms with van der Waals surface area (Å²) >= 11 is 0. The van der Waals surface area contributed by atoms with Gasteiger partial charge in [0.05, 0.1) is 29.7 Å². The molecule has 0 saturated heterocycles. The number of carbonyl (C=O) groups excluding carboxylic acids is 2. The van der Waals surface area contributed by atoms with Crippen LogP contribution in [0.1, 0.15) is 43.4 Å².